The number of aliphatic imine (C=N–C) groups is 1. The van der Waals surface area contributed by atoms with Crippen LogP contribution in [0.15, 0.2) is 4.99 Å². The van der Waals surface area contributed by atoms with Crippen LogP contribution < -0.4 is 0 Å². The summed E-state index contributed by atoms with van der Waals surface area (Å²) in [5, 5.41) is 19.8. The SMILES string of the molecule is N#C[C@@H]1CCCN1C(=O)C=NC12CC3CC(CC(O)(C3)C1)C2. The minimum atomic E-state index is -0.548. The van der Waals surface area contributed by atoms with Crippen molar-refractivity contribution in [3.8, 4) is 6.07 Å². The van der Waals surface area contributed by atoms with E-state index < -0.39 is 5.60 Å². The van der Waals surface area contributed by atoms with Gasteiger partial charge in [0.1, 0.15) is 6.04 Å². The van der Waals surface area contributed by atoms with Gasteiger partial charge in [-0.2, -0.15) is 5.26 Å². The zero-order chi connectivity index (χ0) is 15.4. The topological polar surface area (TPSA) is 76.7 Å². The Balaban J connectivity index is 1.51. The normalized spacial score (nSPS) is 46.4. The number of hydrogen-bond donors (Lipinski definition) is 1. The number of nitriles is 1. The van der Waals surface area contributed by atoms with Gasteiger partial charge >= 0.3 is 0 Å². The molecule has 5 rings (SSSR count). The maximum atomic E-state index is 12.4. The molecule has 118 valence electrons. The van der Waals surface area contributed by atoms with E-state index in [2.05, 4.69) is 11.1 Å². The second-order valence-electron chi connectivity index (χ2n) is 7.99. The fraction of sp³-hybridized carbons (Fsp3) is 0.824. The number of amides is 1. The highest BCUT2D eigenvalue weighted by atomic mass is 16.3. The van der Waals surface area contributed by atoms with Crippen molar-refractivity contribution in [2.24, 2.45) is 16.8 Å². The van der Waals surface area contributed by atoms with Crippen LogP contribution in [-0.4, -0.2) is 45.9 Å². The van der Waals surface area contributed by atoms with Gasteiger partial charge in [-0.3, -0.25) is 9.79 Å². The van der Waals surface area contributed by atoms with Crippen molar-refractivity contribution in [1.82, 2.24) is 4.90 Å². The smallest absolute Gasteiger partial charge is 0.265 e. The van der Waals surface area contributed by atoms with Crippen LogP contribution in [0.3, 0.4) is 0 Å². The van der Waals surface area contributed by atoms with Crippen LogP contribution in [0.5, 0.6) is 0 Å². The summed E-state index contributed by atoms with van der Waals surface area (Å²) in [6, 6.07) is 1.91. The lowest BCUT2D eigenvalue weighted by Crippen LogP contribution is -2.58. The van der Waals surface area contributed by atoms with Gasteiger partial charge in [0.25, 0.3) is 5.91 Å². The molecule has 1 heterocycles. The molecular formula is C17H23N3O2. The van der Waals surface area contributed by atoms with Gasteiger partial charge in [0.2, 0.25) is 0 Å². The minimum Gasteiger partial charge on any atom is -0.390 e. The molecule has 1 amide bonds. The average molecular weight is 301 g/mol. The number of rotatable bonds is 2. The van der Waals surface area contributed by atoms with Crippen LogP contribution >= 0.6 is 0 Å². The van der Waals surface area contributed by atoms with Crippen LogP contribution in [0.25, 0.3) is 0 Å². The summed E-state index contributed by atoms with van der Waals surface area (Å²) in [6.07, 6.45) is 8.89. The van der Waals surface area contributed by atoms with Gasteiger partial charge in [-0.15, -0.1) is 0 Å². The fourth-order valence-electron chi connectivity index (χ4n) is 5.75. The molecule has 3 atom stereocenters. The lowest BCUT2D eigenvalue weighted by atomic mass is 9.51. The molecule has 5 aliphatic rings. The average Bonchev–Trinajstić information content (AvgIpc) is 2.90. The van der Waals surface area contributed by atoms with Crippen LogP contribution in [0.1, 0.15) is 51.4 Å². The van der Waals surface area contributed by atoms with Crippen molar-refractivity contribution in [2.75, 3.05) is 6.54 Å². The molecular weight excluding hydrogens is 278 g/mol. The van der Waals surface area contributed by atoms with E-state index in [1.807, 2.05) is 0 Å². The number of hydrogen-bond acceptors (Lipinski definition) is 4. The van der Waals surface area contributed by atoms with Crippen molar-refractivity contribution in [3.63, 3.8) is 0 Å². The van der Waals surface area contributed by atoms with Crippen LogP contribution in [0.4, 0.5) is 0 Å². The van der Waals surface area contributed by atoms with Crippen LogP contribution in [0, 0.1) is 23.2 Å². The van der Waals surface area contributed by atoms with Crippen LogP contribution in [-0.2, 0) is 4.79 Å². The maximum Gasteiger partial charge on any atom is 0.265 e. The third-order valence-electron chi connectivity index (χ3n) is 6.13. The first-order valence-electron chi connectivity index (χ1n) is 8.49. The molecule has 1 N–H and O–H groups in total. The van der Waals surface area contributed by atoms with E-state index in [9.17, 15) is 9.90 Å². The monoisotopic (exact) mass is 301 g/mol. The number of carbonyl (C=O) groups excluding carboxylic acids is 1. The summed E-state index contributed by atoms with van der Waals surface area (Å²) in [7, 11) is 0. The van der Waals surface area contributed by atoms with Crippen molar-refractivity contribution >= 4 is 12.1 Å². The van der Waals surface area contributed by atoms with E-state index in [1.54, 1.807) is 4.90 Å². The Morgan fingerprint density at radius 3 is 2.68 bits per heavy atom. The molecule has 1 saturated heterocycles. The fourth-order valence-corrected chi connectivity index (χ4v) is 5.75. The number of carbonyl (C=O) groups is 1. The van der Waals surface area contributed by atoms with Gasteiger partial charge in [0, 0.05) is 13.0 Å². The molecule has 0 aromatic rings. The summed E-state index contributed by atoms with van der Waals surface area (Å²) < 4.78 is 0. The standard InChI is InChI=1S/C17H23N3O2/c18-9-14-2-1-3-20(14)15(21)10-19-16-5-12-4-13(6-16)8-17(22,7-12)11-16/h10,12-14,22H,1-8,11H2/t12?,13?,14-,16?,17?/m0/s1. The van der Waals surface area contributed by atoms with Gasteiger partial charge in [0.05, 0.1) is 23.4 Å². The molecule has 4 bridgehead atoms. The van der Waals surface area contributed by atoms with Crippen LogP contribution in [0.2, 0.25) is 0 Å². The molecule has 5 fully saturated rings. The van der Waals surface area contributed by atoms with Crippen molar-refractivity contribution in [1.29, 1.82) is 5.26 Å². The Morgan fingerprint density at radius 2 is 2.05 bits per heavy atom. The highest BCUT2D eigenvalue weighted by Crippen LogP contribution is 2.58. The van der Waals surface area contributed by atoms with Gasteiger partial charge in [0.15, 0.2) is 0 Å². The lowest BCUT2D eigenvalue weighted by Gasteiger charge is -2.58. The molecule has 0 aromatic heterocycles. The zero-order valence-corrected chi connectivity index (χ0v) is 12.9. The molecule has 0 aromatic carbocycles. The summed E-state index contributed by atoms with van der Waals surface area (Å²) in [5.41, 5.74) is -0.774. The largest absolute Gasteiger partial charge is 0.390 e. The Labute approximate surface area is 131 Å². The van der Waals surface area contributed by atoms with Gasteiger partial charge in [-0.25, -0.2) is 0 Å². The van der Waals surface area contributed by atoms with Crippen molar-refractivity contribution in [3.05, 3.63) is 0 Å². The molecule has 5 nitrogen and oxygen atoms in total. The summed E-state index contributed by atoms with van der Waals surface area (Å²) in [4.78, 5) is 18.7. The van der Waals surface area contributed by atoms with E-state index in [0.29, 0.717) is 24.8 Å². The molecule has 2 unspecified atom stereocenters. The van der Waals surface area contributed by atoms with Crippen molar-refractivity contribution < 1.29 is 9.90 Å². The first-order chi connectivity index (χ1) is 10.5. The van der Waals surface area contributed by atoms with Gasteiger partial charge in [-0.1, -0.05) is 0 Å². The maximum absolute atomic E-state index is 12.4. The van der Waals surface area contributed by atoms with Gasteiger partial charge < -0.3 is 10.0 Å². The number of nitrogens with zero attached hydrogens (tertiary/aromatic N) is 3. The molecule has 5 heteroatoms. The second kappa shape index (κ2) is 4.79. The molecule has 0 spiro atoms. The molecule has 1 aliphatic heterocycles. The minimum absolute atomic E-state index is 0.133. The van der Waals surface area contributed by atoms with Gasteiger partial charge in [-0.05, 0) is 56.8 Å². The van der Waals surface area contributed by atoms with E-state index in [1.165, 1.54) is 12.6 Å². The Bertz CT molecular complexity index is 551. The molecule has 4 saturated carbocycles. The highest BCUT2D eigenvalue weighted by molar-refractivity contribution is 6.26. The van der Waals surface area contributed by atoms with E-state index in [4.69, 9.17) is 5.26 Å². The van der Waals surface area contributed by atoms with E-state index in [0.717, 1.165) is 38.5 Å². The third-order valence-corrected chi connectivity index (χ3v) is 6.13. The van der Waals surface area contributed by atoms with Crippen molar-refractivity contribution in [2.45, 2.75) is 68.5 Å². The predicted molar refractivity (Wildman–Crippen MR) is 81.2 cm³/mol. The van der Waals surface area contributed by atoms with E-state index >= 15 is 0 Å². The third kappa shape index (κ3) is 2.25. The summed E-state index contributed by atoms with van der Waals surface area (Å²) >= 11 is 0. The first-order valence-corrected chi connectivity index (χ1v) is 8.49. The first kappa shape index (κ1) is 14.2. The molecule has 0 radical (unpaired) electrons. The predicted octanol–water partition coefficient (Wildman–Crippen LogP) is 1.66. The molecule has 4 aliphatic carbocycles. The highest BCUT2D eigenvalue weighted by Gasteiger charge is 2.57. The number of aliphatic hydroxyl groups is 1. The second-order valence-corrected chi connectivity index (χ2v) is 7.99. The Hall–Kier alpha value is -1.41. The summed E-state index contributed by atoms with van der Waals surface area (Å²) in [6.45, 7) is 0.658. The number of likely N-dealkylation sites (tertiary alicyclic amines) is 1. The quantitative estimate of drug-likeness (QED) is 0.788. The summed E-state index contributed by atoms with van der Waals surface area (Å²) in [5.74, 6) is 1.00. The zero-order valence-electron chi connectivity index (χ0n) is 12.9. The Kier molecular flexibility index (Phi) is 3.09. The lowest BCUT2D eigenvalue weighted by molar-refractivity contribution is -0.133. The molecule has 22 heavy (non-hydrogen) atoms. The van der Waals surface area contributed by atoms with E-state index in [-0.39, 0.29) is 17.5 Å². The Morgan fingerprint density at radius 1 is 1.32 bits per heavy atom.